The number of carbonyl (C=O) groups is 2. The number of ether oxygens (including phenoxy) is 1. The van der Waals surface area contributed by atoms with Gasteiger partial charge in [0, 0.05) is 18.9 Å². The number of benzene rings is 2. The lowest BCUT2D eigenvalue weighted by Gasteiger charge is -2.07. The molecule has 0 aliphatic rings. The van der Waals surface area contributed by atoms with Gasteiger partial charge in [-0.3, -0.25) is 14.3 Å². The zero-order chi connectivity index (χ0) is 21.1. The van der Waals surface area contributed by atoms with E-state index < -0.39 is 11.5 Å². The van der Waals surface area contributed by atoms with Gasteiger partial charge in [0.1, 0.15) is 17.8 Å². The number of nitrogens with zero attached hydrogens (tertiary/aromatic N) is 5. The van der Waals surface area contributed by atoms with Gasteiger partial charge in [0.15, 0.2) is 0 Å². The van der Waals surface area contributed by atoms with E-state index in [1.165, 1.54) is 23.0 Å². The fourth-order valence-electron chi connectivity index (χ4n) is 2.76. The lowest BCUT2D eigenvalue weighted by Crippen LogP contribution is -2.29. The van der Waals surface area contributed by atoms with E-state index in [1.54, 1.807) is 49.6 Å². The highest BCUT2D eigenvalue weighted by Crippen LogP contribution is 2.17. The summed E-state index contributed by atoms with van der Waals surface area (Å²) in [5, 5.41) is 14.7. The molecule has 30 heavy (non-hydrogen) atoms. The van der Waals surface area contributed by atoms with Crippen molar-refractivity contribution in [2.45, 2.75) is 6.54 Å². The Bertz CT molecular complexity index is 1290. The molecular weight excluding hydrogens is 388 g/mol. The molecular formula is C20H16N6O4. The van der Waals surface area contributed by atoms with E-state index in [2.05, 4.69) is 20.7 Å². The van der Waals surface area contributed by atoms with Crippen LogP contribution >= 0.6 is 0 Å². The van der Waals surface area contributed by atoms with Crippen LogP contribution in [0.2, 0.25) is 0 Å². The Balaban J connectivity index is 1.40. The number of hydrogen-bond acceptors (Lipinski definition) is 7. The number of hydrogen-bond donors (Lipinski definition) is 1. The van der Waals surface area contributed by atoms with Crippen LogP contribution in [0.1, 0.15) is 10.4 Å². The fourth-order valence-corrected chi connectivity index (χ4v) is 2.76. The summed E-state index contributed by atoms with van der Waals surface area (Å²) in [7, 11) is 1.72. The maximum absolute atomic E-state index is 12.4. The third kappa shape index (κ3) is 4.07. The van der Waals surface area contributed by atoms with E-state index in [0.717, 1.165) is 4.68 Å². The largest absolute Gasteiger partial charge is 0.425 e. The number of aromatic nitrogens is 5. The number of fused-ring (bicyclic) bond motifs is 1. The maximum Gasteiger partial charge on any atom is 0.333 e. The molecule has 10 nitrogen and oxygen atoms in total. The predicted molar refractivity (Wildman–Crippen MR) is 107 cm³/mol. The molecule has 0 bridgehead atoms. The minimum atomic E-state index is -0.672. The van der Waals surface area contributed by atoms with Gasteiger partial charge in [-0.1, -0.05) is 17.3 Å². The number of aryl methyl sites for hydroxylation is 1. The standard InChI is InChI=1S/C20H16N6O4/c1-25-11-13(10-21-25)19(28)22-14-6-8-15(9-7-14)30-18(27)12-26-20(29)16-4-2-3-5-17(16)23-24-26/h2-11H,12H2,1H3,(H,22,28). The molecule has 0 aliphatic heterocycles. The van der Waals surface area contributed by atoms with E-state index in [-0.39, 0.29) is 18.2 Å². The molecule has 10 heteroatoms. The average molecular weight is 404 g/mol. The van der Waals surface area contributed by atoms with Crippen LogP contribution in [-0.4, -0.2) is 36.7 Å². The zero-order valence-corrected chi connectivity index (χ0v) is 15.8. The average Bonchev–Trinajstić information content (AvgIpc) is 3.18. The number of carbonyl (C=O) groups excluding carboxylic acids is 2. The van der Waals surface area contributed by atoms with Gasteiger partial charge in [-0.15, -0.1) is 5.10 Å². The maximum atomic E-state index is 12.4. The molecule has 4 rings (SSSR count). The Labute approximate surface area is 169 Å². The molecule has 0 aliphatic carbocycles. The molecule has 2 aromatic heterocycles. The van der Waals surface area contributed by atoms with Crippen molar-refractivity contribution in [1.29, 1.82) is 0 Å². The lowest BCUT2D eigenvalue weighted by molar-refractivity contribution is -0.135. The summed E-state index contributed by atoms with van der Waals surface area (Å²) in [6, 6.07) is 13.0. The second-order valence-corrected chi connectivity index (χ2v) is 6.42. The first-order valence-corrected chi connectivity index (χ1v) is 8.93. The smallest absolute Gasteiger partial charge is 0.333 e. The summed E-state index contributed by atoms with van der Waals surface area (Å²) < 4.78 is 7.72. The number of amides is 1. The van der Waals surface area contributed by atoms with Gasteiger partial charge in [0.05, 0.1) is 17.1 Å². The molecule has 0 spiro atoms. The van der Waals surface area contributed by atoms with Crippen LogP contribution in [0.3, 0.4) is 0 Å². The van der Waals surface area contributed by atoms with Crippen LogP contribution in [0, 0.1) is 0 Å². The number of esters is 1. The summed E-state index contributed by atoms with van der Waals surface area (Å²) in [4.78, 5) is 36.7. The second-order valence-electron chi connectivity index (χ2n) is 6.42. The molecule has 0 saturated heterocycles. The minimum absolute atomic E-state index is 0.265. The first-order chi connectivity index (χ1) is 14.5. The highest BCUT2D eigenvalue weighted by molar-refractivity contribution is 6.03. The molecule has 2 aromatic carbocycles. The highest BCUT2D eigenvalue weighted by Gasteiger charge is 2.12. The van der Waals surface area contributed by atoms with Gasteiger partial charge in [0.25, 0.3) is 11.5 Å². The summed E-state index contributed by atoms with van der Waals surface area (Å²) in [5.74, 6) is -0.711. The molecule has 0 radical (unpaired) electrons. The summed E-state index contributed by atoms with van der Waals surface area (Å²) in [5.41, 5.74) is 0.984. The number of anilines is 1. The van der Waals surface area contributed by atoms with Crippen molar-refractivity contribution in [2.75, 3.05) is 5.32 Å². The van der Waals surface area contributed by atoms with E-state index in [1.807, 2.05) is 0 Å². The van der Waals surface area contributed by atoms with Crippen molar-refractivity contribution in [3.63, 3.8) is 0 Å². The fraction of sp³-hybridized carbons (Fsp3) is 0.100. The molecule has 0 saturated carbocycles. The number of rotatable bonds is 5. The third-order valence-electron chi connectivity index (χ3n) is 4.22. The van der Waals surface area contributed by atoms with Gasteiger partial charge in [0.2, 0.25) is 0 Å². The Morgan fingerprint density at radius 1 is 1.10 bits per heavy atom. The molecule has 1 N–H and O–H groups in total. The summed E-state index contributed by atoms with van der Waals surface area (Å²) >= 11 is 0. The molecule has 4 aromatic rings. The summed E-state index contributed by atoms with van der Waals surface area (Å²) in [6.07, 6.45) is 3.06. The molecule has 2 heterocycles. The Morgan fingerprint density at radius 3 is 2.60 bits per heavy atom. The van der Waals surface area contributed by atoms with E-state index in [0.29, 0.717) is 22.2 Å². The first-order valence-electron chi connectivity index (χ1n) is 8.93. The van der Waals surface area contributed by atoms with Crippen molar-refractivity contribution in [3.05, 3.63) is 76.8 Å². The van der Waals surface area contributed by atoms with Crippen molar-refractivity contribution in [1.82, 2.24) is 24.8 Å². The quantitative estimate of drug-likeness (QED) is 0.394. The molecule has 0 atom stereocenters. The summed E-state index contributed by atoms with van der Waals surface area (Å²) in [6.45, 7) is -0.379. The third-order valence-corrected chi connectivity index (χ3v) is 4.22. The van der Waals surface area contributed by atoms with Crippen molar-refractivity contribution >= 4 is 28.5 Å². The second kappa shape index (κ2) is 7.95. The van der Waals surface area contributed by atoms with E-state index in [9.17, 15) is 14.4 Å². The zero-order valence-electron chi connectivity index (χ0n) is 15.8. The van der Waals surface area contributed by atoms with Gasteiger partial charge < -0.3 is 10.1 Å². The van der Waals surface area contributed by atoms with Crippen LogP contribution in [-0.2, 0) is 18.4 Å². The Morgan fingerprint density at radius 2 is 1.87 bits per heavy atom. The Hall–Kier alpha value is -4.34. The normalized spacial score (nSPS) is 10.7. The van der Waals surface area contributed by atoms with Crippen LogP contribution in [0.15, 0.2) is 65.7 Å². The van der Waals surface area contributed by atoms with Crippen molar-refractivity contribution < 1.29 is 14.3 Å². The molecule has 0 fully saturated rings. The van der Waals surface area contributed by atoms with Gasteiger partial charge >= 0.3 is 5.97 Å². The van der Waals surface area contributed by atoms with Gasteiger partial charge in [-0.2, -0.15) is 9.78 Å². The van der Waals surface area contributed by atoms with Crippen molar-refractivity contribution in [2.24, 2.45) is 7.05 Å². The van der Waals surface area contributed by atoms with Crippen LogP contribution in [0.4, 0.5) is 5.69 Å². The monoisotopic (exact) mass is 404 g/mol. The van der Waals surface area contributed by atoms with Crippen molar-refractivity contribution in [3.8, 4) is 5.75 Å². The van der Waals surface area contributed by atoms with Gasteiger partial charge in [-0.25, -0.2) is 4.79 Å². The highest BCUT2D eigenvalue weighted by atomic mass is 16.5. The molecule has 1 amide bonds. The van der Waals surface area contributed by atoms with Crippen LogP contribution < -0.4 is 15.6 Å². The SMILES string of the molecule is Cn1cc(C(=O)Nc2ccc(OC(=O)Cn3nnc4ccccc4c3=O)cc2)cn1. The molecule has 150 valence electrons. The topological polar surface area (TPSA) is 121 Å². The molecule has 0 unspecified atom stereocenters. The minimum Gasteiger partial charge on any atom is -0.425 e. The number of nitrogens with one attached hydrogen (secondary N) is 1. The predicted octanol–water partition coefficient (Wildman–Crippen LogP) is 1.38. The van der Waals surface area contributed by atoms with Gasteiger partial charge in [-0.05, 0) is 36.4 Å². The van der Waals surface area contributed by atoms with Crippen LogP contribution in [0.5, 0.6) is 5.75 Å². The van der Waals surface area contributed by atoms with Crippen LogP contribution in [0.25, 0.3) is 10.9 Å². The first kappa shape index (κ1) is 19.0. The van der Waals surface area contributed by atoms with E-state index in [4.69, 9.17) is 4.74 Å². The lowest BCUT2D eigenvalue weighted by atomic mass is 10.2. The van der Waals surface area contributed by atoms with E-state index >= 15 is 0 Å². The Kier molecular flexibility index (Phi) is 5.04.